The number of nitrogens with one attached hydrogen (secondary N) is 2. The molecule has 24 heavy (non-hydrogen) atoms. The smallest absolute Gasteiger partial charge is 0.312 e. The molecule has 0 aliphatic carbocycles. The fourth-order valence-electron chi connectivity index (χ4n) is 3.45. The van der Waals surface area contributed by atoms with Crippen molar-refractivity contribution in [1.82, 2.24) is 10.6 Å². The van der Waals surface area contributed by atoms with Gasteiger partial charge in [-0.05, 0) is 73.1 Å². The maximum Gasteiger partial charge on any atom is 0.312 e. The van der Waals surface area contributed by atoms with Crippen molar-refractivity contribution in [2.75, 3.05) is 19.6 Å². The van der Waals surface area contributed by atoms with Gasteiger partial charge in [0.15, 0.2) is 0 Å². The number of hydrogen-bond acceptors (Lipinski definition) is 4. The minimum Gasteiger partial charge on any atom is -0.460 e. The van der Waals surface area contributed by atoms with Gasteiger partial charge in [0.1, 0.15) is 6.10 Å². The number of rotatable bonds is 3. The number of cyclic esters (lactones) is 1. The van der Waals surface area contributed by atoms with E-state index in [1.807, 2.05) is 19.1 Å². The van der Waals surface area contributed by atoms with Crippen molar-refractivity contribution in [1.29, 1.82) is 0 Å². The van der Waals surface area contributed by atoms with Gasteiger partial charge in [-0.1, -0.05) is 15.9 Å². The first-order valence-electron chi connectivity index (χ1n) is 8.07. The third-order valence-electron chi connectivity index (χ3n) is 4.93. The van der Waals surface area contributed by atoms with Crippen molar-refractivity contribution in [2.24, 2.45) is 5.41 Å². The summed E-state index contributed by atoms with van der Waals surface area (Å²) < 4.78 is 7.44. The minimum absolute atomic E-state index is 0.101. The highest BCUT2D eigenvalue weighted by atomic mass is 127. The van der Waals surface area contributed by atoms with Gasteiger partial charge in [-0.3, -0.25) is 9.59 Å². The monoisotopic (exact) mass is 506 g/mol. The lowest BCUT2D eigenvalue weighted by Gasteiger charge is -2.29. The van der Waals surface area contributed by atoms with Crippen LogP contribution in [0.15, 0.2) is 16.6 Å². The summed E-state index contributed by atoms with van der Waals surface area (Å²) in [5.74, 6) is -0.231. The van der Waals surface area contributed by atoms with Gasteiger partial charge in [0.2, 0.25) is 0 Å². The van der Waals surface area contributed by atoms with E-state index in [0.717, 1.165) is 39.5 Å². The van der Waals surface area contributed by atoms with Crippen molar-refractivity contribution in [3.8, 4) is 0 Å². The fraction of sp³-hybridized carbons (Fsp3) is 0.529. The van der Waals surface area contributed by atoms with E-state index >= 15 is 0 Å². The fourth-order valence-corrected chi connectivity index (χ4v) is 4.96. The molecule has 130 valence electrons. The number of carbonyl (C=O) groups is 2. The van der Waals surface area contributed by atoms with E-state index in [0.29, 0.717) is 18.5 Å². The number of halogens is 2. The summed E-state index contributed by atoms with van der Waals surface area (Å²) in [7, 11) is 0. The van der Waals surface area contributed by atoms with E-state index in [2.05, 4.69) is 49.2 Å². The highest BCUT2D eigenvalue weighted by Crippen LogP contribution is 2.41. The van der Waals surface area contributed by atoms with Crippen LogP contribution >= 0.6 is 38.5 Å². The van der Waals surface area contributed by atoms with Crippen molar-refractivity contribution in [2.45, 2.75) is 32.3 Å². The Morgan fingerprint density at radius 1 is 1.46 bits per heavy atom. The maximum absolute atomic E-state index is 12.5. The maximum atomic E-state index is 12.5. The van der Waals surface area contributed by atoms with Crippen LogP contribution in [0.4, 0.5) is 0 Å². The normalized spacial score (nSPS) is 22.5. The molecular weight excluding hydrogens is 487 g/mol. The van der Waals surface area contributed by atoms with Crippen LogP contribution in [0.2, 0.25) is 0 Å². The third kappa shape index (κ3) is 3.62. The summed E-state index contributed by atoms with van der Waals surface area (Å²) in [5, 5.41) is 6.20. The average Bonchev–Trinajstić information content (AvgIpc) is 2.85. The van der Waals surface area contributed by atoms with Gasteiger partial charge in [-0.2, -0.15) is 0 Å². The van der Waals surface area contributed by atoms with E-state index in [-0.39, 0.29) is 23.4 Å². The zero-order valence-corrected chi connectivity index (χ0v) is 17.2. The molecule has 0 aromatic heterocycles. The van der Waals surface area contributed by atoms with E-state index in [1.165, 1.54) is 0 Å². The zero-order valence-electron chi connectivity index (χ0n) is 13.5. The molecule has 3 rings (SSSR count). The van der Waals surface area contributed by atoms with Gasteiger partial charge in [-0.15, -0.1) is 0 Å². The van der Waals surface area contributed by atoms with Gasteiger partial charge in [0.05, 0.1) is 12.0 Å². The molecular formula is C17H20BrIN2O3. The number of esters is 1. The Morgan fingerprint density at radius 3 is 2.88 bits per heavy atom. The van der Waals surface area contributed by atoms with Crippen molar-refractivity contribution in [3.05, 3.63) is 31.3 Å². The predicted octanol–water partition coefficient (Wildman–Crippen LogP) is 2.78. The molecule has 2 N–H and O–H groups in total. The van der Waals surface area contributed by atoms with Gasteiger partial charge in [0, 0.05) is 20.0 Å². The molecule has 0 bridgehead atoms. The van der Waals surface area contributed by atoms with Crippen LogP contribution < -0.4 is 10.6 Å². The topological polar surface area (TPSA) is 67.4 Å². The highest BCUT2D eigenvalue weighted by molar-refractivity contribution is 14.1. The molecule has 2 aliphatic heterocycles. The SMILES string of the molecule is Cc1c(I)cc(Br)cc1C(=O)NCC1CC2(CCNCC2)C(=O)O1. The second kappa shape index (κ2) is 7.29. The van der Waals surface area contributed by atoms with Crippen molar-refractivity contribution >= 4 is 50.4 Å². The van der Waals surface area contributed by atoms with E-state index in [4.69, 9.17) is 4.74 Å². The number of carbonyl (C=O) groups excluding carboxylic acids is 2. The number of hydrogen-bond donors (Lipinski definition) is 2. The van der Waals surface area contributed by atoms with Gasteiger partial charge in [-0.25, -0.2) is 0 Å². The highest BCUT2D eigenvalue weighted by Gasteiger charge is 2.49. The van der Waals surface area contributed by atoms with Crippen LogP contribution in [0.5, 0.6) is 0 Å². The first-order valence-corrected chi connectivity index (χ1v) is 9.94. The Hall–Kier alpha value is -0.670. The largest absolute Gasteiger partial charge is 0.460 e. The first kappa shape index (κ1) is 18.1. The molecule has 2 aliphatic rings. The summed E-state index contributed by atoms with van der Waals surface area (Å²) in [6.07, 6.45) is 2.10. The third-order valence-corrected chi connectivity index (χ3v) is 6.51. The molecule has 1 aromatic carbocycles. The Morgan fingerprint density at radius 2 is 2.17 bits per heavy atom. The summed E-state index contributed by atoms with van der Waals surface area (Å²) in [4.78, 5) is 24.7. The zero-order chi connectivity index (χ0) is 17.3. The Labute approximate surface area is 163 Å². The lowest BCUT2D eigenvalue weighted by Crippen LogP contribution is -2.39. The van der Waals surface area contributed by atoms with E-state index in [9.17, 15) is 9.59 Å². The first-order chi connectivity index (χ1) is 11.4. The van der Waals surface area contributed by atoms with Crippen LogP contribution in [0, 0.1) is 15.9 Å². The van der Waals surface area contributed by atoms with Crippen LogP contribution in [-0.4, -0.2) is 37.6 Å². The summed E-state index contributed by atoms with van der Waals surface area (Å²) >= 11 is 5.65. The molecule has 1 unspecified atom stereocenters. The number of benzene rings is 1. The van der Waals surface area contributed by atoms with Crippen molar-refractivity contribution in [3.63, 3.8) is 0 Å². The summed E-state index contributed by atoms with van der Waals surface area (Å²) in [5.41, 5.74) is 1.26. The second-order valence-corrected chi connectivity index (χ2v) is 8.61. The lowest BCUT2D eigenvalue weighted by molar-refractivity contribution is -0.149. The molecule has 2 fully saturated rings. The van der Waals surface area contributed by atoms with Gasteiger partial charge in [0.25, 0.3) is 5.91 Å². The Balaban J connectivity index is 1.62. The lowest BCUT2D eigenvalue weighted by atomic mass is 9.76. The number of amides is 1. The molecule has 1 atom stereocenters. The minimum atomic E-state index is -0.346. The van der Waals surface area contributed by atoms with Crippen molar-refractivity contribution < 1.29 is 14.3 Å². The molecule has 2 heterocycles. The van der Waals surface area contributed by atoms with E-state index in [1.54, 1.807) is 0 Å². The van der Waals surface area contributed by atoms with Gasteiger partial charge >= 0.3 is 5.97 Å². The predicted molar refractivity (Wildman–Crippen MR) is 103 cm³/mol. The summed E-state index contributed by atoms with van der Waals surface area (Å²) in [6, 6.07) is 3.80. The second-order valence-electron chi connectivity index (χ2n) is 6.53. The molecule has 0 saturated carbocycles. The van der Waals surface area contributed by atoms with Crippen LogP contribution in [0.1, 0.15) is 35.2 Å². The van der Waals surface area contributed by atoms with Crippen LogP contribution in [0.25, 0.3) is 0 Å². The molecule has 7 heteroatoms. The van der Waals surface area contributed by atoms with E-state index < -0.39 is 0 Å². The molecule has 2 saturated heterocycles. The quantitative estimate of drug-likeness (QED) is 0.488. The summed E-state index contributed by atoms with van der Waals surface area (Å²) in [6.45, 7) is 4.00. The molecule has 5 nitrogen and oxygen atoms in total. The standard InChI is InChI=1S/C17H20BrIN2O3/c1-10-13(6-11(18)7-14(10)19)15(22)21-9-12-8-17(16(23)24-12)2-4-20-5-3-17/h6-7,12,20H,2-5,8-9H2,1H3,(H,21,22). The van der Waals surface area contributed by atoms with Gasteiger partial charge < -0.3 is 15.4 Å². The van der Waals surface area contributed by atoms with Crippen LogP contribution in [-0.2, 0) is 9.53 Å². The molecule has 1 spiro atoms. The van der Waals surface area contributed by atoms with Crippen LogP contribution in [0.3, 0.4) is 0 Å². The number of ether oxygens (including phenoxy) is 1. The molecule has 0 radical (unpaired) electrons. The Kier molecular flexibility index (Phi) is 5.51. The number of piperidine rings is 1. The molecule has 1 amide bonds. The Bertz CT molecular complexity index is 674. The average molecular weight is 507 g/mol. The molecule has 1 aromatic rings.